The molecule has 0 saturated heterocycles. The Morgan fingerprint density at radius 3 is 2.43 bits per heavy atom. The molecule has 3 nitrogen and oxygen atoms in total. The summed E-state index contributed by atoms with van der Waals surface area (Å²) in [7, 11) is 0. The van der Waals surface area contributed by atoms with Crippen molar-refractivity contribution in [2.75, 3.05) is 0 Å². The molecule has 0 aliphatic heterocycles. The molecule has 0 aliphatic carbocycles. The third-order valence-corrected chi connectivity index (χ3v) is 1.62. The molecule has 0 fully saturated rings. The van der Waals surface area contributed by atoms with E-state index in [9.17, 15) is 0 Å². The highest BCUT2D eigenvalue weighted by atomic mass is 32.1. The first-order valence-electron chi connectivity index (χ1n) is 4.33. The molecule has 0 saturated carbocycles. The van der Waals surface area contributed by atoms with Gasteiger partial charge in [0.1, 0.15) is 16.3 Å². The standard InChI is InChI=1S/C10H14N2OS/c1-10(2,3)13-7-4-5-8(9(11)14)12-6-7/h4-6H,1-3H3,(H2,11,14). The summed E-state index contributed by atoms with van der Waals surface area (Å²) in [5, 5.41) is 0. The minimum atomic E-state index is -0.216. The van der Waals surface area contributed by atoms with E-state index >= 15 is 0 Å². The fourth-order valence-electron chi connectivity index (χ4n) is 0.940. The molecule has 0 radical (unpaired) electrons. The molecule has 0 bridgehead atoms. The van der Waals surface area contributed by atoms with E-state index < -0.39 is 0 Å². The minimum Gasteiger partial charge on any atom is -0.487 e. The molecule has 4 heteroatoms. The van der Waals surface area contributed by atoms with Crippen LogP contribution in [0.5, 0.6) is 5.75 Å². The zero-order valence-corrected chi connectivity index (χ0v) is 9.39. The Morgan fingerprint density at radius 1 is 1.43 bits per heavy atom. The maximum absolute atomic E-state index is 5.59. The van der Waals surface area contributed by atoms with Crippen LogP contribution < -0.4 is 10.5 Å². The third kappa shape index (κ3) is 3.30. The van der Waals surface area contributed by atoms with Gasteiger partial charge in [0.05, 0.1) is 11.9 Å². The number of aromatic nitrogens is 1. The summed E-state index contributed by atoms with van der Waals surface area (Å²) in [6.07, 6.45) is 1.62. The van der Waals surface area contributed by atoms with E-state index in [0.29, 0.717) is 10.7 Å². The average molecular weight is 210 g/mol. The fourth-order valence-corrected chi connectivity index (χ4v) is 1.06. The van der Waals surface area contributed by atoms with Crippen molar-refractivity contribution in [1.29, 1.82) is 0 Å². The lowest BCUT2D eigenvalue weighted by molar-refractivity contribution is 0.130. The average Bonchev–Trinajstić information content (AvgIpc) is 2.02. The molecular weight excluding hydrogens is 196 g/mol. The Labute approximate surface area is 89.3 Å². The van der Waals surface area contributed by atoms with Crippen molar-refractivity contribution in [2.24, 2.45) is 5.73 Å². The van der Waals surface area contributed by atoms with Crippen LogP contribution in [0, 0.1) is 0 Å². The summed E-state index contributed by atoms with van der Waals surface area (Å²) in [6.45, 7) is 5.94. The van der Waals surface area contributed by atoms with Gasteiger partial charge in [0.25, 0.3) is 0 Å². The zero-order chi connectivity index (χ0) is 10.8. The van der Waals surface area contributed by atoms with Gasteiger partial charge in [-0.2, -0.15) is 0 Å². The largest absolute Gasteiger partial charge is 0.487 e. The highest BCUT2D eigenvalue weighted by Gasteiger charge is 2.11. The summed E-state index contributed by atoms with van der Waals surface area (Å²) in [5.74, 6) is 0.720. The lowest BCUT2D eigenvalue weighted by Crippen LogP contribution is -2.23. The van der Waals surface area contributed by atoms with Crippen LogP contribution in [0.1, 0.15) is 26.5 Å². The zero-order valence-electron chi connectivity index (χ0n) is 8.57. The molecule has 1 aromatic rings. The van der Waals surface area contributed by atoms with E-state index in [1.807, 2.05) is 26.8 Å². The number of nitrogens with zero attached hydrogens (tertiary/aromatic N) is 1. The van der Waals surface area contributed by atoms with Gasteiger partial charge in [-0.1, -0.05) is 12.2 Å². The van der Waals surface area contributed by atoms with E-state index in [4.69, 9.17) is 22.7 Å². The number of nitrogens with two attached hydrogens (primary N) is 1. The molecule has 0 spiro atoms. The van der Waals surface area contributed by atoms with E-state index in [1.54, 1.807) is 12.3 Å². The van der Waals surface area contributed by atoms with Crippen LogP contribution in [0.2, 0.25) is 0 Å². The maximum Gasteiger partial charge on any atom is 0.138 e. The molecule has 1 heterocycles. The highest BCUT2D eigenvalue weighted by molar-refractivity contribution is 7.80. The smallest absolute Gasteiger partial charge is 0.138 e. The fraction of sp³-hybridized carbons (Fsp3) is 0.400. The molecular formula is C10H14N2OS. The van der Waals surface area contributed by atoms with Gasteiger partial charge in [-0.25, -0.2) is 4.98 Å². The summed E-state index contributed by atoms with van der Waals surface area (Å²) < 4.78 is 5.59. The van der Waals surface area contributed by atoms with Crippen molar-refractivity contribution >= 4 is 17.2 Å². The SMILES string of the molecule is CC(C)(C)Oc1ccc(C(N)=S)nc1. The monoisotopic (exact) mass is 210 g/mol. The summed E-state index contributed by atoms with van der Waals surface area (Å²) in [6, 6.07) is 3.57. The van der Waals surface area contributed by atoms with Gasteiger partial charge in [0, 0.05) is 0 Å². The van der Waals surface area contributed by atoms with Crippen molar-refractivity contribution in [3.8, 4) is 5.75 Å². The molecule has 0 aromatic carbocycles. The van der Waals surface area contributed by atoms with Gasteiger partial charge in [-0.15, -0.1) is 0 Å². The second-order valence-corrected chi connectivity index (χ2v) is 4.40. The van der Waals surface area contributed by atoms with Crippen molar-refractivity contribution < 1.29 is 4.74 Å². The van der Waals surface area contributed by atoms with Crippen LogP contribution in [0.15, 0.2) is 18.3 Å². The quantitative estimate of drug-likeness (QED) is 0.757. The molecule has 0 atom stereocenters. The molecule has 2 N–H and O–H groups in total. The first-order chi connectivity index (χ1) is 6.38. The summed E-state index contributed by atoms with van der Waals surface area (Å²) in [5.41, 5.74) is 5.82. The van der Waals surface area contributed by atoms with E-state index in [-0.39, 0.29) is 5.60 Å². The van der Waals surface area contributed by atoms with Gasteiger partial charge in [-0.3, -0.25) is 0 Å². The molecule has 1 aromatic heterocycles. The van der Waals surface area contributed by atoms with Crippen molar-refractivity contribution in [2.45, 2.75) is 26.4 Å². The van der Waals surface area contributed by atoms with E-state index in [1.165, 1.54) is 0 Å². The Morgan fingerprint density at radius 2 is 2.07 bits per heavy atom. The number of rotatable bonds is 2. The van der Waals surface area contributed by atoms with Gasteiger partial charge >= 0.3 is 0 Å². The molecule has 0 unspecified atom stereocenters. The lowest BCUT2D eigenvalue weighted by Gasteiger charge is -2.20. The van der Waals surface area contributed by atoms with Crippen LogP contribution in [-0.2, 0) is 0 Å². The Balaban J connectivity index is 2.79. The first kappa shape index (κ1) is 10.9. The number of hydrogen-bond acceptors (Lipinski definition) is 3. The number of thiocarbonyl (C=S) groups is 1. The normalized spacial score (nSPS) is 11.1. The minimum absolute atomic E-state index is 0.216. The van der Waals surface area contributed by atoms with Gasteiger partial charge in [0.2, 0.25) is 0 Å². The molecule has 0 aliphatic rings. The molecule has 76 valence electrons. The predicted octanol–water partition coefficient (Wildman–Crippen LogP) is 1.89. The Kier molecular flexibility index (Phi) is 3.06. The van der Waals surface area contributed by atoms with Gasteiger partial charge < -0.3 is 10.5 Å². The van der Waals surface area contributed by atoms with E-state index in [0.717, 1.165) is 5.75 Å². The van der Waals surface area contributed by atoms with E-state index in [2.05, 4.69) is 4.98 Å². The van der Waals surface area contributed by atoms with Crippen LogP contribution in [0.3, 0.4) is 0 Å². The Hall–Kier alpha value is -1.16. The second kappa shape index (κ2) is 3.92. The van der Waals surface area contributed by atoms with Crippen molar-refractivity contribution in [3.63, 3.8) is 0 Å². The molecule has 0 amide bonds. The second-order valence-electron chi connectivity index (χ2n) is 3.96. The van der Waals surface area contributed by atoms with Crippen LogP contribution in [0.25, 0.3) is 0 Å². The lowest BCUT2D eigenvalue weighted by atomic mass is 10.2. The van der Waals surface area contributed by atoms with Crippen LogP contribution in [-0.4, -0.2) is 15.6 Å². The van der Waals surface area contributed by atoms with Crippen LogP contribution >= 0.6 is 12.2 Å². The van der Waals surface area contributed by atoms with Crippen LogP contribution in [0.4, 0.5) is 0 Å². The molecule has 1 rings (SSSR count). The first-order valence-corrected chi connectivity index (χ1v) is 4.74. The molecule has 14 heavy (non-hydrogen) atoms. The van der Waals surface area contributed by atoms with Gasteiger partial charge in [-0.05, 0) is 32.9 Å². The summed E-state index contributed by atoms with van der Waals surface area (Å²) >= 11 is 4.79. The van der Waals surface area contributed by atoms with Crippen molar-refractivity contribution in [1.82, 2.24) is 4.98 Å². The Bertz CT molecular complexity index is 327. The number of hydrogen-bond donors (Lipinski definition) is 1. The van der Waals surface area contributed by atoms with Gasteiger partial charge in [0.15, 0.2) is 0 Å². The topological polar surface area (TPSA) is 48.1 Å². The van der Waals surface area contributed by atoms with Crippen molar-refractivity contribution in [3.05, 3.63) is 24.0 Å². The number of ether oxygens (including phenoxy) is 1. The predicted molar refractivity (Wildman–Crippen MR) is 60.5 cm³/mol. The number of pyridine rings is 1. The maximum atomic E-state index is 5.59. The summed E-state index contributed by atoms with van der Waals surface area (Å²) in [4.78, 5) is 4.37. The highest BCUT2D eigenvalue weighted by Crippen LogP contribution is 2.16. The third-order valence-electron chi connectivity index (χ3n) is 1.41.